The number of piperidine rings is 1. The summed E-state index contributed by atoms with van der Waals surface area (Å²) in [6.45, 7) is 12.6. The average Bonchev–Trinajstić information content (AvgIpc) is 3.42. The lowest BCUT2D eigenvalue weighted by Gasteiger charge is -2.50. The minimum absolute atomic E-state index is 0.0891. The molecule has 2 aliphatic heterocycles. The number of amides is 1. The van der Waals surface area contributed by atoms with Crippen LogP contribution >= 0.6 is 11.6 Å². The number of aromatic nitrogens is 4. The van der Waals surface area contributed by atoms with Gasteiger partial charge in [0.25, 0.3) is 11.8 Å². The van der Waals surface area contributed by atoms with Crippen molar-refractivity contribution in [3.63, 3.8) is 0 Å². The van der Waals surface area contributed by atoms with Crippen LogP contribution in [0.5, 0.6) is 0 Å². The molecule has 2 atom stereocenters. The van der Waals surface area contributed by atoms with Crippen LogP contribution in [0.1, 0.15) is 56.1 Å². The fourth-order valence-corrected chi connectivity index (χ4v) is 5.88. The van der Waals surface area contributed by atoms with Gasteiger partial charge in [0, 0.05) is 61.4 Å². The van der Waals surface area contributed by atoms with Crippen LogP contribution in [0.3, 0.4) is 0 Å². The number of aryl methyl sites for hydroxylation is 1. The van der Waals surface area contributed by atoms with Gasteiger partial charge in [-0.3, -0.25) is 9.69 Å². The van der Waals surface area contributed by atoms with Crippen molar-refractivity contribution in [1.82, 2.24) is 30.0 Å². The molecule has 4 heterocycles. The van der Waals surface area contributed by atoms with Crippen LogP contribution in [0.4, 0.5) is 11.8 Å². The van der Waals surface area contributed by atoms with Crippen molar-refractivity contribution in [1.29, 1.82) is 0 Å². The van der Waals surface area contributed by atoms with Gasteiger partial charge in [-0.15, -0.1) is 5.10 Å². The van der Waals surface area contributed by atoms with Gasteiger partial charge < -0.3 is 19.5 Å². The average molecular weight is 553 g/mol. The first kappa shape index (κ1) is 27.3. The van der Waals surface area contributed by atoms with E-state index in [0.29, 0.717) is 46.8 Å². The summed E-state index contributed by atoms with van der Waals surface area (Å²) < 4.78 is 5.65. The van der Waals surface area contributed by atoms with Crippen molar-refractivity contribution in [2.24, 2.45) is 0 Å². The minimum Gasteiger partial charge on any atom is -0.402 e. The lowest BCUT2D eigenvalue weighted by Crippen LogP contribution is -2.62. The van der Waals surface area contributed by atoms with Gasteiger partial charge in [0.2, 0.25) is 0 Å². The first-order chi connectivity index (χ1) is 18.9. The highest BCUT2D eigenvalue weighted by atomic mass is 35.5. The lowest BCUT2D eigenvalue weighted by atomic mass is 9.96. The number of halogens is 1. The normalized spacial score (nSPS) is 20.8. The monoisotopic (exact) mass is 552 g/mol. The molecule has 2 saturated heterocycles. The molecule has 39 heavy (non-hydrogen) atoms. The number of rotatable bonds is 7. The second-order valence-electron chi connectivity index (χ2n) is 10.4. The summed E-state index contributed by atoms with van der Waals surface area (Å²) in [6.07, 6.45) is 4.73. The maximum absolute atomic E-state index is 13.0. The Kier molecular flexibility index (Phi) is 8.32. The molecule has 0 bridgehead atoms. The molecule has 1 amide bonds. The highest BCUT2D eigenvalue weighted by Crippen LogP contribution is 2.30. The van der Waals surface area contributed by atoms with Crippen LogP contribution in [0.15, 0.2) is 34.9 Å². The quantitative estimate of drug-likeness (QED) is 0.453. The number of hydrogen-bond acceptors (Lipinski definition) is 9. The van der Waals surface area contributed by atoms with Crippen molar-refractivity contribution in [2.45, 2.75) is 65.1 Å². The Bertz CT molecular complexity index is 1270. The SMILES string of the molecule is CCNc1nnc(-c2cnc(N3CC(CC)N(C4CCN(C(=O)c5ccc(Cl)cc5)CC4)C[C@H]3C)c(C)n2)o1. The van der Waals surface area contributed by atoms with E-state index in [4.69, 9.17) is 26.0 Å². The molecule has 208 valence electrons. The minimum atomic E-state index is 0.0891. The summed E-state index contributed by atoms with van der Waals surface area (Å²) in [6, 6.07) is 8.71. The number of benzene rings is 1. The summed E-state index contributed by atoms with van der Waals surface area (Å²) in [5.74, 6) is 1.35. The van der Waals surface area contributed by atoms with Gasteiger partial charge in [-0.25, -0.2) is 9.97 Å². The number of anilines is 2. The maximum Gasteiger partial charge on any atom is 0.315 e. The predicted molar refractivity (Wildman–Crippen MR) is 152 cm³/mol. The molecule has 0 aliphatic carbocycles. The number of likely N-dealkylation sites (tertiary alicyclic amines) is 1. The molecule has 0 spiro atoms. The first-order valence-corrected chi connectivity index (χ1v) is 14.2. The van der Waals surface area contributed by atoms with Crippen LogP contribution < -0.4 is 10.2 Å². The molecule has 1 aromatic carbocycles. The van der Waals surface area contributed by atoms with E-state index in [1.807, 2.05) is 30.9 Å². The number of nitrogens with zero attached hydrogens (tertiary/aromatic N) is 7. The molecule has 5 rings (SSSR count). The number of nitrogens with one attached hydrogen (secondary N) is 1. The van der Waals surface area contributed by atoms with Crippen LogP contribution in [-0.4, -0.2) is 86.7 Å². The third kappa shape index (κ3) is 5.86. The molecule has 10 nitrogen and oxygen atoms in total. The molecule has 1 unspecified atom stereocenters. The van der Waals surface area contributed by atoms with Gasteiger partial charge in [0.05, 0.1) is 11.9 Å². The van der Waals surface area contributed by atoms with Gasteiger partial charge in [0.15, 0.2) is 0 Å². The first-order valence-electron chi connectivity index (χ1n) is 13.9. The molecule has 2 aliphatic rings. The summed E-state index contributed by atoms with van der Waals surface area (Å²) in [7, 11) is 0. The van der Waals surface area contributed by atoms with Crippen molar-refractivity contribution in [2.75, 3.05) is 42.9 Å². The second kappa shape index (κ2) is 11.9. The molecular weight excluding hydrogens is 516 g/mol. The Morgan fingerprint density at radius 3 is 2.54 bits per heavy atom. The van der Waals surface area contributed by atoms with E-state index >= 15 is 0 Å². The Morgan fingerprint density at radius 1 is 1.13 bits per heavy atom. The molecule has 1 N–H and O–H groups in total. The second-order valence-corrected chi connectivity index (χ2v) is 10.8. The molecule has 3 aromatic rings. The fourth-order valence-electron chi connectivity index (χ4n) is 5.76. The molecule has 2 fully saturated rings. The van der Waals surface area contributed by atoms with Crippen molar-refractivity contribution in [3.05, 3.63) is 46.7 Å². The van der Waals surface area contributed by atoms with Gasteiger partial charge in [-0.05, 0) is 64.3 Å². The zero-order valence-corrected chi connectivity index (χ0v) is 23.9. The van der Waals surface area contributed by atoms with E-state index in [1.54, 1.807) is 18.3 Å². The van der Waals surface area contributed by atoms with Crippen molar-refractivity contribution >= 4 is 29.3 Å². The van der Waals surface area contributed by atoms with Gasteiger partial charge >= 0.3 is 6.01 Å². The summed E-state index contributed by atoms with van der Waals surface area (Å²) >= 11 is 6.00. The molecule has 11 heteroatoms. The van der Waals surface area contributed by atoms with Gasteiger partial charge in [0.1, 0.15) is 11.5 Å². The predicted octanol–water partition coefficient (Wildman–Crippen LogP) is 4.51. The summed E-state index contributed by atoms with van der Waals surface area (Å²) in [4.78, 5) is 29.6. The smallest absolute Gasteiger partial charge is 0.315 e. The Labute approximate surface area is 234 Å². The number of carbonyl (C=O) groups is 1. The van der Waals surface area contributed by atoms with E-state index in [9.17, 15) is 4.79 Å². The maximum atomic E-state index is 13.0. The Hall–Kier alpha value is -3.24. The van der Waals surface area contributed by atoms with Crippen molar-refractivity contribution < 1.29 is 9.21 Å². The van der Waals surface area contributed by atoms with Crippen LogP contribution in [-0.2, 0) is 0 Å². The fraction of sp³-hybridized carbons (Fsp3) is 0.536. The van der Waals surface area contributed by atoms with Crippen molar-refractivity contribution in [3.8, 4) is 11.6 Å². The van der Waals surface area contributed by atoms with E-state index in [0.717, 1.165) is 57.0 Å². The molecular formula is C28H37ClN8O2. The topological polar surface area (TPSA) is 104 Å². The van der Waals surface area contributed by atoms with Gasteiger partial charge in [-0.2, -0.15) is 0 Å². The highest BCUT2D eigenvalue weighted by molar-refractivity contribution is 6.30. The van der Waals surface area contributed by atoms with E-state index < -0.39 is 0 Å². The van der Waals surface area contributed by atoms with E-state index in [-0.39, 0.29) is 11.9 Å². The molecule has 2 aromatic heterocycles. The molecule has 0 saturated carbocycles. The third-order valence-electron chi connectivity index (χ3n) is 7.83. The largest absolute Gasteiger partial charge is 0.402 e. The van der Waals surface area contributed by atoms with Gasteiger partial charge in [-0.1, -0.05) is 23.6 Å². The van der Waals surface area contributed by atoms with E-state index in [1.165, 1.54) is 0 Å². The Balaban J connectivity index is 1.23. The lowest BCUT2D eigenvalue weighted by molar-refractivity contribution is 0.0434. The Morgan fingerprint density at radius 2 is 1.87 bits per heavy atom. The highest BCUT2D eigenvalue weighted by Gasteiger charge is 2.37. The zero-order valence-electron chi connectivity index (χ0n) is 23.1. The third-order valence-corrected chi connectivity index (χ3v) is 8.08. The molecule has 0 radical (unpaired) electrons. The standard InChI is InChI=1S/C28H37ClN8O2/c1-5-22-17-36(25-19(4)32-24(15-31-25)26-33-34-28(39-26)30-6-2)18(3)16-37(22)23-11-13-35(14-12-23)27(38)20-7-9-21(29)10-8-20/h7-10,15,18,22-23H,5-6,11-14,16-17H2,1-4H3,(H,30,34)/t18-,22?/m1/s1. The zero-order chi connectivity index (χ0) is 27.5. The van der Waals surface area contributed by atoms with Crippen LogP contribution in [0.25, 0.3) is 11.6 Å². The summed E-state index contributed by atoms with van der Waals surface area (Å²) in [5.41, 5.74) is 2.12. The van der Waals surface area contributed by atoms with Crippen LogP contribution in [0, 0.1) is 6.92 Å². The summed E-state index contributed by atoms with van der Waals surface area (Å²) in [5, 5.41) is 11.8. The number of piperazine rings is 1. The number of hydrogen-bond donors (Lipinski definition) is 1. The van der Waals surface area contributed by atoms with E-state index in [2.05, 4.69) is 39.2 Å². The van der Waals surface area contributed by atoms with Crippen LogP contribution in [0.2, 0.25) is 5.02 Å². The number of carbonyl (C=O) groups excluding carboxylic acids is 1.